The summed E-state index contributed by atoms with van der Waals surface area (Å²) in [6.07, 6.45) is 1.75. The van der Waals surface area contributed by atoms with Crippen LogP contribution in [0.25, 0.3) is 11.3 Å². The molecule has 3 heterocycles. The predicted molar refractivity (Wildman–Crippen MR) is 114 cm³/mol. The Morgan fingerprint density at radius 1 is 1.10 bits per heavy atom. The Morgan fingerprint density at radius 2 is 1.79 bits per heavy atom. The molecule has 6 nitrogen and oxygen atoms in total. The number of sulfonamides is 1. The first kappa shape index (κ1) is 20.3. The monoisotopic (exact) mass is 431 g/mol. The number of hydrogen-bond donors (Lipinski definition) is 0. The largest absolute Gasteiger partial charge is 0.439 e. The van der Waals surface area contributed by atoms with E-state index >= 15 is 0 Å². The zero-order chi connectivity index (χ0) is 20.6. The first-order valence-electron chi connectivity index (χ1n) is 9.68. The van der Waals surface area contributed by atoms with Crippen molar-refractivity contribution < 1.29 is 12.8 Å². The average Bonchev–Trinajstić information content (AvgIpc) is 3.35. The molecule has 29 heavy (non-hydrogen) atoms. The average molecular weight is 432 g/mol. The highest BCUT2D eigenvalue weighted by Gasteiger charge is 2.33. The molecule has 1 atom stereocenters. The lowest BCUT2D eigenvalue weighted by Gasteiger charge is -2.36. The van der Waals surface area contributed by atoms with Crippen LogP contribution in [0.4, 0.5) is 0 Å². The van der Waals surface area contributed by atoms with E-state index in [2.05, 4.69) is 16.8 Å². The van der Waals surface area contributed by atoms with Crippen molar-refractivity contribution in [2.24, 2.45) is 0 Å². The highest BCUT2D eigenvalue weighted by molar-refractivity contribution is 7.89. The van der Waals surface area contributed by atoms with E-state index in [9.17, 15) is 8.42 Å². The highest BCUT2D eigenvalue weighted by atomic mass is 32.2. The summed E-state index contributed by atoms with van der Waals surface area (Å²) in [5.41, 5.74) is 0.996. The van der Waals surface area contributed by atoms with Crippen LogP contribution in [-0.4, -0.2) is 48.8 Å². The Labute approximate surface area is 175 Å². The molecule has 0 amide bonds. The van der Waals surface area contributed by atoms with Gasteiger partial charge in [0.05, 0.1) is 17.1 Å². The molecule has 154 valence electrons. The summed E-state index contributed by atoms with van der Waals surface area (Å²) in [4.78, 5) is 9.00. The summed E-state index contributed by atoms with van der Waals surface area (Å²) in [5, 5.41) is 0. The minimum absolute atomic E-state index is 0.0116. The summed E-state index contributed by atoms with van der Waals surface area (Å²) in [5.74, 6) is 1.40. The maximum Gasteiger partial charge on any atom is 0.244 e. The van der Waals surface area contributed by atoms with Gasteiger partial charge < -0.3 is 4.42 Å². The van der Waals surface area contributed by atoms with Crippen molar-refractivity contribution in [1.29, 1.82) is 0 Å². The van der Waals surface area contributed by atoms with Gasteiger partial charge in [0.25, 0.3) is 0 Å². The molecular formula is C21H25N3O3S2. The van der Waals surface area contributed by atoms with Gasteiger partial charge in [0.15, 0.2) is 5.76 Å². The lowest BCUT2D eigenvalue weighted by Crippen LogP contribution is -2.49. The SMILES string of the molecule is Cc1cc(S(=O)(=O)N2CCN(C(C)c3ncc(-c4ccccc4)o3)CC2)c(C)s1. The molecule has 1 saturated heterocycles. The van der Waals surface area contributed by atoms with Gasteiger partial charge in [-0.25, -0.2) is 13.4 Å². The Morgan fingerprint density at radius 3 is 2.41 bits per heavy atom. The Balaban J connectivity index is 1.43. The Hall–Kier alpha value is -2.00. The van der Waals surface area contributed by atoms with E-state index in [1.165, 1.54) is 11.3 Å². The van der Waals surface area contributed by atoms with Crippen molar-refractivity contribution in [3.8, 4) is 11.3 Å². The Bertz CT molecular complexity index is 1080. The first-order valence-corrected chi connectivity index (χ1v) is 11.9. The van der Waals surface area contributed by atoms with E-state index in [0.29, 0.717) is 37.0 Å². The van der Waals surface area contributed by atoms with Crippen LogP contribution in [-0.2, 0) is 10.0 Å². The van der Waals surface area contributed by atoms with Gasteiger partial charge in [0.2, 0.25) is 15.9 Å². The fourth-order valence-electron chi connectivity index (χ4n) is 3.71. The van der Waals surface area contributed by atoms with Crippen LogP contribution in [0.15, 0.2) is 51.9 Å². The molecule has 1 aromatic carbocycles. The third-order valence-electron chi connectivity index (χ3n) is 5.37. The molecule has 4 rings (SSSR count). The zero-order valence-corrected chi connectivity index (χ0v) is 18.5. The number of oxazole rings is 1. The summed E-state index contributed by atoms with van der Waals surface area (Å²) in [6, 6.07) is 11.7. The number of thiophene rings is 1. The molecule has 1 aliphatic rings. The van der Waals surface area contributed by atoms with Crippen molar-refractivity contribution in [2.45, 2.75) is 31.7 Å². The van der Waals surface area contributed by atoms with Gasteiger partial charge in [-0.05, 0) is 26.8 Å². The van der Waals surface area contributed by atoms with Gasteiger partial charge in [0.1, 0.15) is 0 Å². The van der Waals surface area contributed by atoms with Crippen molar-refractivity contribution in [3.63, 3.8) is 0 Å². The maximum absolute atomic E-state index is 13.0. The van der Waals surface area contributed by atoms with Gasteiger partial charge in [-0.1, -0.05) is 30.3 Å². The van der Waals surface area contributed by atoms with Gasteiger partial charge in [0, 0.05) is 41.5 Å². The van der Waals surface area contributed by atoms with E-state index in [-0.39, 0.29) is 6.04 Å². The molecule has 2 aromatic heterocycles. The molecule has 0 N–H and O–H groups in total. The van der Waals surface area contributed by atoms with Crippen LogP contribution >= 0.6 is 11.3 Å². The summed E-state index contributed by atoms with van der Waals surface area (Å²) < 4.78 is 33.6. The first-order chi connectivity index (χ1) is 13.9. The molecule has 3 aromatic rings. The summed E-state index contributed by atoms with van der Waals surface area (Å²) in [6.45, 7) is 8.08. The minimum Gasteiger partial charge on any atom is -0.439 e. The topological polar surface area (TPSA) is 66.7 Å². The predicted octanol–water partition coefficient (Wildman–Crippen LogP) is 4.09. The van der Waals surface area contributed by atoms with Crippen LogP contribution in [0.3, 0.4) is 0 Å². The molecule has 0 bridgehead atoms. The number of aromatic nitrogens is 1. The third kappa shape index (κ3) is 4.02. The molecule has 0 aliphatic carbocycles. The number of aryl methyl sites for hydroxylation is 2. The molecule has 1 unspecified atom stereocenters. The third-order valence-corrected chi connectivity index (χ3v) is 8.49. The second kappa shape index (κ2) is 8.02. The normalized spacial score (nSPS) is 17.5. The van der Waals surface area contributed by atoms with Crippen molar-refractivity contribution in [2.75, 3.05) is 26.2 Å². The van der Waals surface area contributed by atoms with Crippen LogP contribution < -0.4 is 0 Å². The van der Waals surface area contributed by atoms with Crippen LogP contribution in [0.1, 0.15) is 28.6 Å². The van der Waals surface area contributed by atoms with Gasteiger partial charge in [-0.3, -0.25) is 4.90 Å². The van der Waals surface area contributed by atoms with E-state index in [0.717, 1.165) is 21.1 Å². The van der Waals surface area contributed by atoms with Crippen molar-refractivity contribution in [1.82, 2.24) is 14.2 Å². The quantitative estimate of drug-likeness (QED) is 0.609. The molecular weight excluding hydrogens is 406 g/mol. The van der Waals surface area contributed by atoms with E-state index in [1.54, 1.807) is 16.6 Å². The number of rotatable bonds is 5. The lowest BCUT2D eigenvalue weighted by molar-refractivity contribution is 0.130. The van der Waals surface area contributed by atoms with Gasteiger partial charge >= 0.3 is 0 Å². The number of nitrogens with zero attached hydrogens (tertiary/aromatic N) is 3. The van der Waals surface area contributed by atoms with Gasteiger partial charge in [-0.15, -0.1) is 11.3 Å². The molecule has 0 saturated carbocycles. The van der Waals surface area contributed by atoms with E-state index < -0.39 is 10.0 Å². The molecule has 1 fully saturated rings. The van der Waals surface area contributed by atoms with Crippen LogP contribution in [0.5, 0.6) is 0 Å². The Kier molecular flexibility index (Phi) is 5.61. The van der Waals surface area contributed by atoms with E-state index in [4.69, 9.17) is 4.42 Å². The molecule has 8 heteroatoms. The lowest BCUT2D eigenvalue weighted by atomic mass is 10.2. The maximum atomic E-state index is 13.0. The fraction of sp³-hybridized carbons (Fsp3) is 0.381. The second-order valence-electron chi connectivity index (χ2n) is 7.32. The van der Waals surface area contributed by atoms with Crippen molar-refractivity contribution in [3.05, 3.63) is 58.2 Å². The number of piperazine rings is 1. The second-order valence-corrected chi connectivity index (χ2v) is 10.7. The van der Waals surface area contributed by atoms with Crippen molar-refractivity contribution >= 4 is 21.4 Å². The number of hydrogen-bond acceptors (Lipinski definition) is 6. The van der Waals surface area contributed by atoms with Crippen LogP contribution in [0.2, 0.25) is 0 Å². The van der Waals surface area contributed by atoms with Crippen LogP contribution in [0, 0.1) is 13.8 Å². The zero-order valence-electron chi connectivity index (χ0n) is 16.8. The molecule has 0 spiro atoms. The summed E-state index contributed by atoms with van der Waals surface area (Å²) in [7, 11) is -3.44. The standard InChI is InChI=1S/C21H25N3O3S2/c1-15-13-20(17(3)28-15)29(25,26)24-11-9-23(10-12-24)16(2)21-22-14-19(27-21)18-7-5-4-6-8-18/h4-8,13-14,16H,9-12H2,1-3H3. The molecule has 1 aliphatic heterocycles. The van der Waals surface area contributed by atoms with Gasteiger partial charge in [-0.2, -0.15) is 4.31 Å². The minimum atomic E-state index is -3.44. The summed E-state index contributed by atoms with van der Waals surface area (Å²) >= 11 is 1.53. The fourth-order valence-corrected chi connectivity index (χ4v) is 6.65. The highest BCUT2D eigenvalue weighted by Crippen LogP contribution is 2.30. The van der Waals surface area contributed by atoms with E-state index in [1.807, 2.05) is 44.2 Å². The number of benzene rings is 1. The smallest absolute Gasteiger partial charge is 0.244 e. The molecule has 0 radical (unpaired) electrons.